The topological polar surface area (TPSA) is 83.9 Å². The SMILES string of the molecule is CN(C(=O)c1ccc2c3c(ccc(C=O)c13)Oc1ccccc1-2)c1ccc(CC(=O)O)cc1. The zero-order valence-corrected chi connectivity index (χ0v) is 17.7. The number of hydrogen-bond acceptors (Lipinski definition) is 4. The monoisotopic (exact) mass is 437 g/mol. The van der Waals surface area contributed by atoms with E-state index in [0.29, 0.717) is 33.5 Å². The van der Waals surface area contributed by atoms with Crippen LogP contribution in [-0.4, -0.2) is 30.3 Å². The van der Waals surface area contributed by atoms with E-state index in [9.17, 15) is 14.4 Å². The zero-order valence-electron chi connectivity index (χ0n) is 17.7. The number of para-hydroxylation sites is 1. The Bertz CT molecular complexity index is 1440. The predicted octanol–water partition coefficient (Wildman–Crippen LogP) is 5.33. The van der Waals surface area contributed by atoms with Gasteiger partial charge >= 0.3 is 5.97 Å². The highest BCUT2D eigenvalue weighted by molar-refractivity contribution is 6.21. The average molecular weight is 437 g/mol. The summed E-state index contributed by atoms with van der Waals surface area (Å²) in [6.45, 7) is 0. The van der Waals surface area contributed by atoms with Crippen LogP contribution in [0, 0.1) is 0 Å². The third-order valence-corrected chi connectivity index (χ3v) is 5.89. The number of benzene rings is 4. The van der Waals surface area contributed by atoms with Crippen LogP contribution in [0.4, 0.5) is 5.69 Å². The van der Waals surface area contributed by atoms with E-state index in [2.05, 4.69) is 0 Å². The van der Waals surface area contributed by atoms with E-state index in [-0.39, 0.29) is 12.3 Å². The quantitative estimate of drug-likeness (QED) is 0.376. The van der Waals surface area contributed by atoms with Gasteiger partial charge in [0, 0.05) is 40.2 Å². The van der Waals surface area contributed by atoms with Gasteiger partial charge < -0.3 is 14.7 Å². The average Bonchev–Trinajstić information content (AvgIpc) is 2.83. The van der Waals surface area contributed by atoms with Crippen molar-refractivity contribution < 1.29 is 24.2 Å². The first-order valence-corrected chi connectivity index (χ1v) is 10.4. The highest BCUT2D eigenvalue weighted by Crippen LogP contribution is 2.47. The molecule has 1 N–H and O–H groups in total. The molecule has 33 heavy (non-hydrogen) atoms. The number of carboxylic acid groups (broad SMARTS) is 1. The van der Waals surface area contributed by atoms with Crippen molar-refractivity contribution in [2.45, 2.75) is 6.42 Å². The lowest BCUT2D eigenvalue weighted by molar-refractivity contribution is -0.136. The van der Waals surface area contributed by atoms with E-state index in [0.717, 1.165) is 28.5 Å². The molecule has 4 aromatic carbocycles. The van der Waals surface area contributed by atoms with Crippen LogP contribution in [0.3, 0.4) is 0 Å². The number of carbonyl (C=O) groups excluding carboxylic acids is 2. The van der Waals surface area contributed by atoms with Crippen LogP contribution in [0.1, 0.15) is 26.3 Å². The molecule has 0 bridgehead atoms. The van der Waals surface area contributed by atoms with Crippen LogP contribution in [-0.2, 0) is 11.2 Å². The largest absolute Gasteiger partial charge is 0.481 e. The Kier molecular flexibility index (Phi) is 4.90. The summed E-state index contributed by atoms with van der Waals surface area (Å²) in [7, 11) is 1.65. The smallest absolute Gasteiger partial charge is 0.307 e. The van der Waals surface area contributed by atoms with Gasteiger partial charge in [0.15, 0.2) is 6.29 Å². The Hall–Kier alpha value is -4.45. The molecule has 0 saturated heterocycles. The third-order valence-electron chi connectivity index (χ3n) is 5.89. The van der Waals surface area contributed by atoms with E-state index in [1.165, 1.54) is 4.90 Å². The summed E-state index contributed by atoms with van der Waals surface area (Å²) in [5.74, 6) is 0.121. The number of nitrogens with zero attached hydrogens (tertiary/aromatic N) is 1. The van der Waals surface area contributed by atoms with Crippen molar-refractivity contribution in [3.05, 3.63) is 89.5 Å². The van der Waals surface area contributed by atoms with Crippen molar-refractivity contribution in [2.75, 3.05) is 11.9 Å². The van der Waals surface area contributed by atoms with Crippen molar-refractivity contribution in [3.63, 3.8) is 0 Å². The van der Waals surface area contributed by atoms with Gasteiger partial charge in [0.05, 0.1) is 6.42 Å². The molecule has 0 atom stereocenters. The third kappa shape index (κ3) is 3.42. The molecule has 0 radical (unpaired) electrons. The van der Waals surface area contributed by atoms with Gasteiger partial charge in [-0.3, -0.25) is 14.4 Å². The highest BCUT2D eigenvalue weighted by atomic mass is 16.5. The van der Waals surface area contributed by atoms with Crippen molar-refractivity contribution in [3.8, 4) is 22.6 Å². The van der Waals surface area contributed by atoms with Gasteiger partial charge in [0.2, 0.25) is 0 Å². The molecule has 0 aliphatic carbocycles. The summed E-state index contributed by atoms with van der Waals surface area (Å²) in [4.78, 5) is 37.9. The fraction of sp³-hybridized carbons (Fsp3) is 0.0741. The second kappa shape index (κ2) is 7.91. The van der Waals surface area contributed by atoms with Crippen LogP contribution in [0.25, 0.3) is 21.9 Å². The molecule has 5 rings (SSSR count). The van der Waals surface area contributed by atoms with Gasteiger partial charge in [-0.2, -0.15) is 0 Å². The van der Waals surface area contributed by atoms with Gasteiger partial charge in [0.25, 0.3) is 5.91 Å². The van der Waals surface area contributed by atoms with Crippen LogP contribution in [0.5, 0.6) is 11.5 Å². The standard InChI is InChI=1S/C27H19NO5/c1-28(18-9-6-16(7-10-18)14-24(30)31)27(32)21-12-11-20-19-4-2-3-5-22(19)33-23-13-8-17(15-29)25(21)26(20)23/h2-13,15H,14H2,1H3,(H,30,31). The lowest BCUT2D eigenvalue weighted by Gasteiger charge is -2.24. The number of carbonyl (C=O) groups is 3. The Morgan fingerprint density at radius 3 is 2.36 bits per heavy atom. The number of aliphatic carboxylic acids is 1. The fourth-order valence-corrected chi connectivity index (χ4v) is 4.28. The summed E-state index contributed by atoms with van der Waals surface area (Å²) >= 11 is 0. The van der Waals surface area contributed by atoms with Crippen molar-refractivity contribution in [2.24, 2.45) is 0 Å². The molecule has 1 heterocycles. The molecule has 0 unspecified atom stereocenters. The van der Waals surface area contributed by atoms with Crippen molar-refractivity contribution >= 4 is 34.6 Å². The van der Waals surface area contributed by atoms with E-state index in [4.69, 9.17) is 9.84 Å². The minimum atomic E-state index is -0.916. The number of anilines is 1. The second-order valence-corrected chi connectivity index (χ2v) is 7.88. The maximum atomic E-state index is 13.5. The molecule has 0 fully saturated rings. The number of hydrogen-bond donors (Lipinski definition) is 1. The highest BCUT2D eigenvalue weighted by Gasteiger charge is 2.26. The predicted molar refractivity (Wildman–Crippen MR) is 125 cm³/mol. The molecule has 1 aliphatic rings. The summed E-state index contributed by atoms with van der Waals surface area (Å²) < 4.78 is 6.08. The molecular weight excluding hydrogens is 418 g/mol. The van der Waals surface area contributed by atoms with Crippen LogP contribution in [0.15, 0.2) is 72.8 Å². The second-order valence-electron chi connectivity index (χ2n) is 7.88. The molecule has 0 saturated carbocycles. The first kappa shape index (κ1) is 20.5. The van der Waals surface area contributed by atoms with E-state index >= 15 is 0 Å². The molecular formula is C27H19NO5. The Balaban J connectivity index is 1.63. The fourth-order valence-electron chi connectivity index (χ4n) is 4.28. The molecule has 6 heteroatoms. The zero-order chi connectivity index (χ0) is 23.1. The van der Waals surface area contributed by atoms with E-state index < -0.39 is 5.97 Å². The molecule has 6 nitrogen and oxygen atoms in total. The van der Waals surface area contributed by atoms with Gasteiger partial charge in [-0.15, -0.1) is 0 Å². The van der Waals surface area contributed by atoms with Gasteiger partial charge in [-0.25, -0.2) is 0 Å². The number of aldehydes is 1. The minimum Gasteiger partial charge on any atom is -0.481 e. The minimum absolute atomic E-state index is 0.0863. The Morgan fingerprint density at radius 2 is 1.64 bits per heavy atom. The van der Waals surface area contributed by atoms with Gasteiger partial charge in [0.1, 0.15) is 11.5 Å². The first-order valence-electron chi connectivity index (χ1n) is 10.4. The first-order chi connectivity index (χ1) is 16.0. The maximum absolute atomic E-state index is 13.5. The molecule has 1 aliphatic heterocycles. The normalized spacial score (nSPS) is 11.4. The maximum Gasteiger partial charge on any atom is 0.307 e. The van der Waals surface area contributed by atoms with Gasteiger partial charge in [-0.05, 0) is 47.5 Å². The number of ether oxygens (including phenoxy) is 1. The lowest BCUT2D eigenvalue weighted by Crippen LogP contribution is -2.26. The lowest BCUT2D eigenvalue weighted by atomic mass is 9.89. The summed E-state index contributed by atoms with van der Waals surface area (Å²) in [6, 6.07) is 21.5. The molecule has 162 valence electrons. The summed E-state index contributed by atoms with van der Waals surface area (Å²) in [6.07, 6.45) is 0.665. The van der Waals surface area contributed by atoms with Crippen molar-refractivity contribution in [1.82, 2.24) is 0 Å². The van der Waals surface area contributed by atoms with E-state index in [1.807, 2.05) is 30.3 Å². The molecule has 0 spiro atoms. The van der Waals surface area contributed by atoms with Crippen LogP contribution in [0.2, 0.25) is 0 Å². The molecule has 1 amide bonds. The number of rotatable bonds is 5. The number of amides is 1. The van der Waals surface area contributed by atoms with E-state index in [1.54, 1.807) is 49.5 Å². The summed E-state index contributed by atoms with van der Waals surface area (Å²) in [5, 5.41) is 10.2. The van der Waals surface area contributed by atoms with Crippen LogP contribution >= 0.6 is 0 Å². The van der Waals surface area contributed by atoms with Crippen LogP contribution < -0.4 is 9.64 Å². The number of carboxylic acids is 1. The van der Waals surface area contributed by atoms with Gasteiger partial charge in [-0.1, -0.05) is 36.4 Å². The Labute approximate surface area is 189 Å². The molecule has 0 aromatic heterocycles. The number of fused-ring (bicyclic) bond motifs is 2. The summed E-state index contributed by atoms with van der Waals surface area (Å²) in [5.41, 5.74) is 3.86. The van der Waals surface area contributed by atoms with Crippen molar-refractivity contribution in [1.29, 1.82) is 0 Å². The Morgan fingerprint density at radius 1 is 0.879 bits per heavy atom. The molecule has 4 aromatic rings.